The number of rotatable bonds is 7. The molecule has 0 aromatic heterocycles. The Kier molecular flexibility index (Phi) is 7.06. The average molecular weight is 410 g/mol. The molecule has 2 aromatic rings. The fourth-order valence-electron chi connectivity index (χ4n) is 3.21. The van der Waals surface area contributed by atoms with Gasteiger partial charge in [0.05, 0.1) is 18.7 Å². The number of fused-ring (bicyclic) bond motifs is 1. The Balaban J connectivity index is 1.54. The van der Waals surface area contributed by atoms with Crippen LogP contribution in [0.2, 0.25) is 0 Å². The Bertz CT molecular complexity index is 899. The Morgan fingerprint density at radius 3 is 2.57 bits per heavy atom. The second kappa shape index (κ2) is 9.91. The molecule has 2 aromatic carbocycles. The average Bonchev–Trinajstić information content (AvgIpc) is 2.91. The first-order valence-electron chi connectivity index (χ1n) is 10.00. The lowest BCUT2D eigenvalue weighted by atomic mass is 10.0. The number of nitrogens with one attached hydrogen (secondary N) is 1. The number of para-hydroxylation sites is 2. The lowest BCUT2D eigenvalue weighted by Crippen LogP contribution is -2.41. The third-order valence-electron chi connectivity index (χ3n) is 4.95. The Hall–Kier alpha value is -3.35. The zero-order valence-electron chi connectivity index (χ0n) is 17.2. The Labute approximate surface area is 176 Å². The molecule has 0 saturated heterocycles. The summed E-state index contributed by atoms with van der Waals surface area (Å²) in [5.41, 5.74) is 1.63. The molecule has 0 aliphatic carbocycles. The van der Waals surface area contributed by atoms with Gasteiger partial charge in [-0.15, -0.1) is 0 Å². The van der Waals surface area contributed by atoms with Crippen molar-refractivity contribution < 1.29 is 23.9 Å². The van der Waals surface area contributed by atoms with Crippen LogP contribution in [-0.4, -0.2) is 43.6 Å². The summed E-state index contributed by atoms with van der Waals surface area (Å²) in [7, 11) is 0. The van der Waals surface area contributed by atoms with Gasteiger partial charge in [0.2, 0.25) is 5.91 Å². The van der Waals surface area contributed by atoms with Crippen LogP contribution in [0.3, 0.4) is 0 Å². The normalized spacial score (nSPS) is 15.3. The number of carbonyl (C=O) groups is 3. The predicted molar refractivity (Wildman–Crippen MR) is 112 cm³/mol. The first-order valence-corrected chi connectivity index (χ1v) is 10.00. The molecular formula is C23H26N2O5. The third kappa shape index (κ3) is 5.37. The van der Waals surface area contributed by atoms with E-state index in [2.05, 4.69) is 5.32 Å². The van der Waals surface area contributed by atoms with Crippen molar-refractivity contribution in [3.63, 3.8) is 0 Å². The second-order valence-corrected chi connectivity index (χ2v) is 7.24. The molecule has 0 bridgehead atoms. The van der Waals surface area contributed by atoms with Gasteiger partial charge < -0.3 is 14.8 Å². The van der Waals surface area contributed by atoms with Crippen molar-refractivity contribution in [2.75, 3.05) is 24.6 Å². The molecular weight excluding hydrogens is 384 g/mol. The highest BCUT2D eigenvalue weighted by Crippen LogP contribution is 2.30. The van der Waals surface area contributed by atoms with E-state index in [1.54, 1.807) is 24.3 Å². The molecule has 2 atom stereocenters. The van der Waals surface area contributed by atoms with Crippen LogP contribution in [0.5, 0.6) is 5.75 Å². The fraction of sp³-hybridized carbons (Fsp3) is 0.348. The maximum Gasteiger partial charge on any atom is 0.326 e. The van der Waals surface area contributed by atoms with E-state index in [4.69, 9.17) is 9.47 Å². The number of anilines is 1. The molecule has 0 saturated carbocycles. The molecule has 0 unspecified atom stereocenters. The van der Waals surface area contributed by atoms with Crippen LogP contribution < -0.4 is 15.0 Å². The molecule has 0 radical (unpaired) electrons. The van der Waals surface area contributed by atoms with Gasteiger partial charge in [0.15, 0.2) is 6.10 Å². The lowest BCUT2D eigenvalue weighted by Gasteiger charge is -2.22. The van der Waals surface area contributed by atoms with Gasteiger partial charge in [0.1, 0.15) is 12.3 Å². The molecule has 0 fully saturated rings. The van der Waals surface area contributed by atoms with E-state index >= 15 is 0 Å². The summed E-state index contributed by atoms with van der Waals surface area (Å²) in [6, 6.07) is 16.9. The number of esters is 1. The van der Waals surface area contributed by atoms with Crippen molar-refractivity contribution in [3.8, 4) is 5.75 Å². The molecule has 3 rings (SSSR count). The van der Waals surface area contributed by atoms with E-state index in [0.717, 1.165) is 5.56 Å². The minimum absolute atomic E-state index is 0.129. The molecule has 7 nitrogen and oxygen atoms in total. The SMILES string of the molecule is C[C@H](OC(=O)CN1C(=O)CCOc2ccccc21)C(=O)NC[C@H](C)c1ccccc1. The third-order valence-corrected chi connectivity index (χ3v) is 4.95. The number of benzene rings is 2. The van der Waals surface area contributed by atoms with Crippen molar-refractivity contribution in [1.82, 2.24) is 5.32 Å². The van der Waals surface area contributed by atoms with Crippen molar-refractivity contribution in [2.45, 2.75) is 32.3 Å². The van der Waals surface area contributed by atoms with Crippen LogP contribution in [0.15, 0.2) is 54.6 Å². The van der Waals surface area contributed by atoms with Crippen molar-refractivity contribution in [3.05, 3.63) is 60.2 Å². The number of hydrogen-bond donors (Lipinski definition) is 1. The number of nitrogens with zero attached hydrogens (tertiary/aromatic N) is 1. The largest absolute Gasteiger partial charge is 0.491 e. The van der Waals surface area contributed by atoms with E-state index in [9.17, 15) is 14.4 Å². The zero-order chi connectivity index (χ0) is 21.5. The van der Waals surface area contributed by atoms with Crippen LogP contribution >= 0.6 is 0 Å². The molecule has 7 heteroatoms. The highest BCUT2D eigenvalue weighted by molar-refractivity contribution is 5.99. The van der Waals surface area contributed by atoms with E-state index in [1.807, 2.05) is 37.3 Å². The minimum Gasteiger partial charge on any atom is -0.491 e. The van der Waals surface area contributed by atoms with Crippen LogP contribution in [-0.2, 0) is 19.1 Å². The van der Waals surface area contributed by atoms with Crippen LogP contribution in [0.4, 0.5) is 5.69 Å². The highest BCUT2D eigenvalue weighted by Gasteiger charge is 2.27. The summed E-state index contributed by atoms with van der Waals surface area (Å²) in [4.78, 5) is 38.5. The van der Waals surface area contributed by atoms with Crippen molar-refractivity contribution in [2.24, 2.45) is 0 Å². The zero-order valence-corrected chi connectivity index (χ0v) is 17.2. The summed E-state index contributed by atoms with van der Waals surface area (Å²) in [6.07, 6.45) is -0.802. The molecule has 0 spiro atoms. The van der Waals surface area contributed by atoms with Crippen LogP contribution in [0.1, 0.15) is 31.7 Å². The van der Waals surface area contributed by atoms with Crippen molar-refractivity contribution in [1.29, 1.82) is 0 Å². The summed E-state index contributed by atoms with van der Waals surface area (Å²) in [6.45, 7) is 3.93. The van der Waals surface area contributed by atoms with Gasteiger partial charge in [0.25, 0.3) is 5.91 Å². The van der Waals surface area contributed by atoms with Gasteiger partial charge in [-0.1, -0.05) is 49.4 Å². The number of hydrogen-bond acceptors (Lipinski definition) is 5. The standard InChI is InChI=1S/C23H26N2O5/c1-16(18-8-4-3-5-9-18)14-24-23(28)17(2)30-22(27)15-25-19-10-6-7-11-20(19)29-13-12-21(25)26/h3-11,16-17H,12-15H2,1-2H3,(H,24,28)/t16-,17-/m0/s1. The summed E-state index contributed by atoms with van der Waals surface area (Å²) < 4.78 is 10.8. The summed E-state index contributed by atoms with van der Waals surface area (Å²) in [5, 5.41) is 2.81. The van der Waals surface area contributed by atoms with Gasteiger partial charge >= 0.3 is 5.97 Å². The van der Waals surface area contributed by atoms with E-state index in [1.165, 1.54) is 11.8 Å². The van der Waals surface area contributed by atoms with E-state index < -0.39 is 12.1 Å². The van der Waals surface area contributed by atoms with Gasteiger partial charge in [-0.2, -0.15) is 0 Å². The minimum atomic E-state index is -0.964. The van der Waals surface area contributed by atoms with Gasteiger partial charge in [-0.25, -0.2) is 0 Å². The summed E-state index contributed by atoms with van der Waals surface area (Å²) >= 11 is 0. The summed E-state index contributed by atoms with van der Waals surface area (Å²) in [5.74, 6) is -0.595. The monoisotopic (exact) mass is 410 g/mol. The van der Waals surface area contributed by atoms with E-state index in [0.29, 0.717) is 18.0 Å². The number of ether oxygens (including phenoxy) is 2. The van der Waals surface area contributed by atoms with Crippen LogP contribution in [0.25, 0.3) is 0 Å². The molecule has 2 amide bonds. The van der Waals surface area contributed by atoms with Gasteiger partial charge in [0, 0.05) is 6.54 Å². The quantitative estimate of drug-likeness (QED) is 0.710. The molecule has 1 aliphatic heterocycles. The molecule has 1 aliphatic rings. The van der Waals surface area contributed by atoms with Crippen LogP contribution in [0, 0.1) is 0 Å². The number of carbonyl (C=O) groups excluding carboxylic acids is 3. The smallest absolute Gasteiger partial charge is 0.326 e. The molecule has 1 N–H and O–H groups in total. The molecule has 30 heavy (non-hydrogen) atoms. The van der Waals surface area contributed by atoms with Gasteiger partial charge in [-0.3, -0.25) is 19.3 Å². The predicted octanol–water partition coefficient (Wildman–Crippen LogP) is 2.65. The number of amides is 2. The fourth-order valence-corrected chi connectivity index (χ4v) is 3.21. The van der Waals surface area contributed by atoms with Crippen molar-refractivity contribution >= 4 is 23.5 Å². The van der Waals surface area contributed by atoms with E-state index in [-0.39, 0.29) is 37.3 Å². The topological polar surface area (TPSA) is 84.9 Å². The Morgan fingerprint density at radius 2 is 1.80 bits per heavy atom. The second-order valence-electron chi connectivity index (χ2n) is 7.24. The Morgan fingerprint density at radius 1 is 1.10 bits per heavy atom. The van der Waals surface area contributed by atoms with Gasteiger partial charge in [-0.05, 0) is 30.5 Å². The lowest BCUT2D eigenvalue weighted by molar-refractivity contribution is -0.153. The maximum atomic E-state index is 12.4. The first kappa shape index (κ1) is 21.4. The highest BCUT2D eigenvalue weighted by atomic mass is 16.5. The maximum absolute atomic E-state index is 12.4. The molecule has 1 heterocycles. The molecule has 158 valence electrons. The first-order chi connectivity index (χ1) is 14.5.